The van der Waals surface area contributed by atoms with Gasteiger partial charge in [0.15, 0.2) is 0 Å². The lowest BCUT2D eigenvalue weighted by atomic mass is 10.1. The number of hydrogen-bond acceptors (Lipinski definition) is 5. The zero-order valence-electron chi connectivity index (χ0n) is 12.9. The molecular formula is C15H17N5O3. The standard InChI is InChI=1S/C15H17N5O3/c1-20(2)11-3-4-12-10(8-15(22)23-13(12)9-11)7-14(21)17-5-6-18-19-16/h3-4,8-9H,5-7H2,1-2H3,(H,17,21). The second-order valence-corrected chi connectivity index (χ2v) is 5.15. The van der Waals surface area contributed by atoms with Gasteiger partial charge in [0.25, 0.3) is 0 Å². The van der Waals surface area contributed by atoms with Crippen LogP contribution in [0.1, 0.15) is 5.56 Å². The topological polar surface area (TPSA) is 111 Å². The Balaban J connectivity index is 2.24. The number of rotatable bonds is 6. The Labute approximate surface area is 132 Å². The van der Waals surface area contributed by atoms with E-state index >= 15 is 0 Å². The summed E-state index contributed by atoms with van der Waals surface area (Å²) in [5, 5.41) is 6.69. The van der Waals surface area contributed by atoms with Gasteiger partial charge in [-0.05, 0) is 23.2 Å². The van der Waals surface area contributed by atoms with Crippen molar-refractivity contribution < 1.29 is 9.21 Å². The Hall–Kier alpha value is -2.99. The maximum Gasteiger partial charge on any atom is 0.336 e. The number of carbonyl (C=O) groups excluding carboxylic acids is 1. The first-order valence-electron chi connectivity index (χ1n) is 7.03. The predicted molar refractivity (Wildman–Crippen MR) is 87.5 cm³/mol. The molecule has 0 fully saturated rings. The summed E-state index contributed by atoms with van der Waals surface area (Å²) in [6, 6.07) is 6.81. The average Bonchev–Trinajstić information content (AvgIpc) is 2.50. The molecule has 1 aromatic heterocycles. The molecule has 8 nitrogen and oxygen atoms in total. The molecule has 1 heterocycles. The summed E-state index contributed by atoms with van der Waals surface area (Å²) in [6.45, 7) is 0.444. The van der Waals surface area contributed by atoms with Gasteiger partial charge >= 0.3 is 5.63 Å². The van der Waals surface area contributed by atoms with Gasteiger partial charge in [-0.2, -0.15) is 0 Å². The number of carbonyl (C=O) groups is 1. The Morgan fingerprint density at radius 2 is 2.17 bits per heavy atom. The molecule has 0 saturated carbocycles. The van der Waals surface area contributed by atoms with Crippen LogP contribution in [0, 0.1) is 0 Å². The normalized spacial score (nSPS) is 10.2. The molecule has 0 atom stereocenters. The van der Waals surface area contributed by atoms with Crippen molar-refractivity contribution in [2.75, 3.05) is 32.1 Å². The smallest absolute Gasteiger partial charge is 0.336 e. The summed E-state index contributed by atoms with van der Waals surface area (Å²) in [5.41, 5.74) is 9.62. The van der Waals surface area contributed by atoms with Gasteiger partial charge in [-0.15, -0.1) is 0 Å². The number of benzene rings is 1. The van der Waals surface area contributed by atoms with E-state index in [9.17, 15) is 9.59 Å². The first kappa shape index (κ1) is 16.4. The van der Waals surface area contributed by atoms with E-state index in [0.29, 0.717) is 11.1 Å². The number of amides is 1. The molecule has 0 unspecified atom stereocenters. The molecular weight excluding hydrogens is 298 g/mol. The highest BCUT2D eigenvalue weighted by atomic mass is 16.4. The fraction of sp³-hybridized carbons (Fsp3) is 0.333. The lowest BCUT2D eigenvalue weighted by molar-refractivity contribution is -0.120. The van der Waals surface area contributed by atoms with E-state index < -0.39 is 5.63 Å². The van der Waals surface area contributed by atoms with Crippen LogP contribution in [0.4, 0.5) is 5.69 Å². The van der Waals surface area contributed by atoms with E-state index in [2.05, 4.69) is 15.3 Å². The molecule has 1 amide bonds. The van der Waals surface area contributed by atoms with Gasteiger partial charge in [-0.25, -0.2) is 4.79 Å². The van der Waals surface area contributed by atoms with Crippen LogP contribution < -0.4 is 15.8 Å². The van der Waals surface area contributed by atoms with Crippen LogP contribution in [-0.2, 0) is 11.2 Å². The maximum atomic E-state index is 11.9. The molecule has 0 aliphatic rings. The van der Waals surface area contributed by atoms with Crippen molar-refractivity contribution in [3.63, 3.8) is 0 Å². The highest BCUT2D eigenvalue weighted by Gasteiger charge is 2.11. The molecule has 1 aromatic carbocycles. The van der Waals surface area contributed by atoms with Gasteiger partial charge < -0.3 is 14.6 Å². The molecule has 1 N–H and O–H groups in total. The molecule has 120 valence electrons. The van der Waals surface area contributed by atoms with Crippen LogP contribution in [0.3, 0.4) is 0 Å². The van der Waals surface area contributed by atoms with E-state index in [0.717, 1.165) is 11.1 Å². The van der Waals surface area contributed by atoms with Crippen molar-refractivity contribution in [1.82, 2.24) is 5.32 Å². The molecule has 2 aromatic rings. The van der Waals surface area contributed by atoms with Crippen molar-refractivity contribution >= 4 is 22.6 Å². The third-order valence-corrected chi connectivity index (χ3v) is 3.28. The second kappa shape index (κ2) is 7.33. The van der Waals surface area contributed by atoms with Crippen LogP contribution in [-0.4, -0.2) is 33.1 Å². The number of anilines is 1. The van der Waals surface area contributed by atoms with Crippen molar-refractivity contribution in [1.29, 1.82) is 0 Å². The van der Waals surface area contributed by atoms with Crippen molar-refractivity contribution in [3.8, 4) is 0 Å². The molecule has 0 saturated heterocycles. The van der Waals surface area contributed by atoms with Crippen molar-refractivity contribution in [2.24, 2.45) is 5.11 Å². The van der Waals surface area contributed by atoms with Gasteiger partial charge in [0, 0.05) is 55.3 Å². The number of hydrogen-bond donors (Lipinski definition) is 1. The first-order valence-corrected chi connectivity index (χ1v) is 7.03. The Bertz CT molecular complexity index is 821. The van der Waals surface area contributed by atoms with Crippen LogP contribution in [0.2, 0.25) is 0 Å². The minimum Gasteiger partial charge on any atom is -0.423 e. The van der Waals surface area contributed by atoms with Crippen molar-refractivity contribution in [2.45, 2.75) is 6.42 Å². The highest BCUT2D eigenvalue weighted by molar-refractivity contribution is 5.88. The van der Waals surface area contributed by atoms with Crippen molar-refractivity contribution in [3.05, 3.63) is 50.7 Å². The summed E-state index contributed by atoms with van der Waals surface area (Å²) < 4.78 is 5.22. The molecule has 8 heteroatoms. The van der Waals surface area contributed by atoms with E-state index in [1.165, 1.54) is 6.07 Å². The van der Waals surface area contributed by atoms with Gasteiger partial charge in [-0.3, -0.25) is 4.79 Å². The zero-order chi connectivity index (χ0) is 16.8. The molecule has 0 bridgehead atoms. The van der Waals surface area contributed by atoms with E-state index in [1.807, 2.05) is 31.1 Å². The molecule has 2 rings (SSSR count). The summed E-state index contributed by atoms with van der Waals surface area (Å²) in [4.78, 5) is 28.1. The van der Waals surface area contributed by atoms with Crippen LogP contribution in [0.5, 0.6) is 0 Å². The number of fused-ring (bicyclic) bond motifs is 1. The maximum absolute atomic E-state index is 11.9. The molecule has 0 aliphatic heterocycles. The van der Waals surface area contributed by atoms with Crippen LogP contribution in [0.15, 0.2) is 38.6 Å². The monoisotopic (exact) mass is 315 g/mol. The quantitative estimate of drug-likeness (QED) is 0.288. The minimum atomic E-state index is -0.495. The molecule has 0 radical (unpaired) electrons. The van der Waals surface area contributed by atoms with Crippen LogP contribution in [0.25, 0.3) is 21.4 Å². The number of nitrogens with zero attached hydrogens (tertiary/aromatic N) is 4. The molecule has 0 aliphatic carbocycles. The third kappa shape index (κ3) is 4.24. The van der Waals surface area contributed by atoms with Gasteiger partial charge in [-0.1, -0.05) is 5.11 Å². The highest BCUT2D eigenvalue weighted by Crippen LogP contribution is 2.22. The number of azide groups is 1. The van der Waals surface area contributed by atoms with Crippen LogP contribution >= 0.6 is 0 Å². The SMILES string of the molecule is CN(C)c1ccc2c(CC(=O)NCCN=[N+]=[N-])cc(=O)oc2c1. The first-order chi connectivity index (χ1) is 11.0. The largest absolute Gasteiger partial charge is 0.423 e. The average molecular weight is 315 g/mol. The van der Waals surface area contributed by atoms with Gasteiger partial charge in [0.05, 0.1) is 6.42 Å². The Morgan fingerprint density at radius 3 is 2.87 bits per heavy atom. The van der Waals surface area contributed by atoms with Gasteiger partial charge in [0.1, 0.15) is 5.58 Å². The summed E-state index contributed by atoms with van der Waals surface area (Å²) in [5.74, 6) is -0.248. The predicted octanol–water partition coefficient (Wildman–Crippen LogP) is 1.83. The molecule has 0 spiro atoms. The third-order valence-electron chi connectivity index (χ3n) is 3.28. The fourth-order valence-corrected chi connectivity index (χ4v) is 2.17. The fourth-order valence-electron chi connectivity index (χ4n) is 2.17. The van der Waals surface area contributed by atoms with Gasteiger partial charge in [0.2, 0.25) is 5.91 Å². The Morgan fingerprint density at radius 1 is 1.39 bits per heavy atom. The second-order valence-electron chi connectivity index (χ2n) is 5.15. The summed E-state index contributed by atoms with van der Waals surface area (Å²) in [7, 11) is 3.78. The molecule has 23 heavy (non-hydrogen) atoms. The minimum absolute atomic E-state index is 0.0552. The summed E-state index contributed by atoms with van der Waals surface area (Å²) in [6.07, 6.45) is 0.0552. The lowest BCUT2D eigenvalue weighted by Crippen LogP contribution is -2.27. The summed E-state index contributed by atoms with van der Waals surface area (Å²) >= 11 is 0. The van der Waals surface area contributed by atoms with E-state index in [-0.39, 0.29) is 25.4 Å². The zero-order valence-corrected chi connectivity index (χ0v) is 12.9. The lowest BCUT2D eigenvalue weighted by Gasteiger charge is -2.13. The van der Waals surface area contributed by atoms with E-state index in [4.69, 9.17) is 9.95 Å². The Kier molecular flexibility index (Phi) is 5.22. The number of nitrogens with one attached hydrogen (secondary N) is 1. The van der Waals surface area contributed by atoms with E-state index in [1.54, 1.807) is 6.07 Å².